The zero-order valence-electron chi connectivity index (χ0n) is 20.5. The molecule has 4 rings (SSSR count). The second-order valence-electron chi connectivity index (χ2n) is 9.21. The summed E-state index contributed by atoms with van der Waals surface area (Å²) in [5, 5.41) is 49.5. The summed E-state index contributed by atoms with van der Waals surface area (Å²) < 4.78 is 27.1. The van der Waals surface area contributed by atoms with E-state index in [1.165, 1.54) is 14.2 Å². The molecular formula is C26H32O11. The Morgan fingerprint density at radius 1 is 0.892 bits per heavy atom. The molecule has 0 spiro atoms. The van der Waals surface area contributed by atoms with Gasteiger partial charge < -0.3 is 49.2 Å². The minimum absolute atomic E-state index is 0.0414. The van der Waals surface area contributed by atoms with E-state index in [0.717, 1.165) is 11.1 Å². The maximum Gasteiger partial charge on any atom is 0.309 e. The third-order valence-corrected chi connectivity index (χ3v) is 6.83. The van der Waals surface area contributed by atoms with Crippen molar-refractivity contribution in [3.8, 4) is 23.0 Å². The highest BCUT2D eigenvalue weighted by Gasteiger charge is 2.45. The van der Waals surface area contributed by atoms with Crippen LogP contribution in [0.1, 0.15) is 11.1 Å². The van der Waals surface area contributed by atoms with E-state index in [1.54, 1.807) is 36.4 Å². The summed E-state index contributed by atoms with van der Waals surface area (Å²) in [4.78, 5) is 12.5. The zero-order valence-corrected chi connectivity index (χ0v) is 20.5. The van der Waals surface area contributed by atoms with Gasteiger partial charge in [-0.25, -0.2) is 0 Å². The Hall–Kier alpha value is -3.09. The molecule has 2 aromatic rings. The molecule has 2 aromatic carbocycles. The van der Waals surface area contributed by atoms with Gasteiger partial charge in [0.25, 0.3) is 0 Å². The molecule has 0 amide bonds. The topological polar surface area (TPSA) is 164 Å². The van der Waals surface area contributed by atoms with E-state index in [0.29, 0.717) is 24.3 Å². The van der Waals surface area contributed by atoms with Crippen LogP contribution in [0.4, 0.5) is 0 Å². The number of aromatic hydroxyl groups is 1. The van der Waals surface area contributed by atoms with Crippen LogP contribution in [0.2, 0.25) is 0 Å². The minimum Gasteiger partial charge on any atom is -0.504 e. The molecule has 0 saturated carbocycles. The van der Waals surface area contributed by atoms with Crippen molar-refractivity contribution in [1.82, 2.24) is 0 Å². The fraction of sp³-hybridized carbons (Fsp3) is 0.500. The molecule has 2 heterocycles. The third-order valence-electron chi connectivity index (χ3n) is 6.83. The molecule has 37 heavy (non-hydrogen) atoms. The fourth-order valence-electron chi connectivity index (χ4n) is 4.69. The fourth-order valence-corrected chi connectivity index (χ4v) is 4.69. The molecule has 0 bridgehead atoms. The lowest BCUT2D eigenvalue weighted by Crippen LogP contribution is -2.60. The van der Waals surface area contributed by atoms with Gasteiger partial charge in [-0.05, 0) is 48.2 Å². The van der Waals surface area contributed by atoms with Gasteiger partial charge in [-0.1, -0.05) is 12.1 Å². The van der Waals surface area contributed by atoms with Gasteiger partial charge in [-0.3, -0.25) is 4.79 Å². The zero-order chi connectivity index (χ0) is 26.7. The lowest BCUT2D eigenvalue weighted by atomic mass is 9.85. The van der Waals surface area contributed by atoms with Crippen molar-refractivity contribution in [2.75, 3.05) is 27.4 Å². The average molecular weight is 521 g/mol. The predicted octanol–water partition coefficient (Wildman–Crippen LogP) is 0.163. The summed E-state index contributed by atoms with van der Waals surface area (Å²) in [6, 6.07) is 10.1. The van der Waals surface area contributed by atoms with Crippen LogP contribution in [0, 0.1) is 11.8 Å². The maximum atomic E-state index is 12.5. The summed E-state index contributed by atoms with van der Waals surface area (Å²) in [5.41, 5.74) is 1.69. The molecule has 2 fully saturated rings. The molecule has 202 valence electrons. The average Bonchev–Trinajstić information content (AvgIpc) is 3.24. The number of benzene rings is 2. The van der Waals surface area contributed by atoms with Crippen molar-refractivity contribution < 1.29 is 54.0 Å². The van der Waals surface area contributed by atoms with Crippen molar-refractivity contribution in [3.05, 3.63) is 47.5 Å². The number of esters is 1. The van der Waals surface area contributed by atoms with Crippen LogP contribution in [0.3, 0.4) is 0 Å². The molecule has 0 radical (unpaired) electrons. The molecule has 7 atom stereocenters. The van der Waals surface area contributed by atoms with E-state index in [4.69, 9.17) is 23.7 Å². The summed E-state index contributed by atoms with van der Waals surface area (Å²) in [5.74, 6) is 0.132. The number of aliphatic hydroxyl groups excluding tert-OH is 4. The highest BCUT2D eigenvalue weighted by molar-refractivity contribution is 5.75. The number of rotatable bonds is 9. The number of carbonyl (C=O) groups is 1. The lowest BCUT2D eigenvalue weighted by Gasteiger charge is -2.39. The van der Waals surface area contributed by atoms with E-state index < -0.39 is 43.2 Å². The molecular weight excluding hydrogens is 488 g/mol. The van der Waals surface area contributed by atoms with Gasteiger partial charge in [-0.15, -0.1) is 0 Å². The molecule has 7 unspecified atom stereocenters. The number of cyclic esters (lactones) is 1. The largest absolute Gasteiger partial charge is 0.504 e. The van der Waals surface area contributed by atoms with Crippen molar-refractivity contribution in [2.24, 2.45) is 11.8 Å². The molecule has 11 heteroatoms. The number of phenols is 1. The Balaban J connectivity index is 1.47. The molecule has 0 aliphatic carbocycles. The second kappa shape index (κ2) is 11.5. The van der Waals surface area contributed by atoms with Gasteiger partial charge >= 0.3 is 5.97 Å². The maximum absolute atomic E-state index is 12.5. The molecule has 2 aliphatic rings. The summed E-state index contributed by atoms with van der Waals surface area (Å²) in [7, 11) is 2.91. The number of carbonyl (C=O) groups excluding carboxylic acids is 1. The smallest absolute Gasteiger partial charge is 0.309 e. The number of ether oxygens (including phenoxy) is 5. The first-order valence-corrected chi connectivity index (χ1v) is 11.9. The van der Waals surface area contributed by atoms with Gasteiger partial charge in [-0.2, -0.15) is 0 Å². The SMILES string of the molecule is COc1cc(CC2COC(=O)C2Cc2ccc(OC3OC(CO)C(O)C(O)C3O)c(OC)c2)ccc1O. The predicted molar refractivity (Wildman–Crippen MR) is 127 cm³/mol. The first kappa shape index (κ1) is 27.0. The van der Waals surface area contributed by atoms with Crippen LogP contribution >= 0.6 is 0 Å². The number of hydrogen-bond acceptors (Lipinski definition) is 11. The number of aliphatic hydroxyl groups is 4. The van der Waals surface area contributed by atoms with E-state index >= 15 is 0 Å². The first-order chi connectivity index (χ1) is 17.7. The van der Waals surface area contributed by atoms with Crippen molar-refractivity contribution in [2.45, 2.75) is 43.5 Å². The van der Waals surface area contributed by atoms with Gasteiger partial charge in [0.1, 0.15) is 24.4 Å². The van der Waals surface area contributed by atoms with Gasteiger partial charge in [0.15, 0.2) is 23.0 Å². The normalized spacial score (nSPS) is 29.6. The van der Waals surface area contributed by atoms with E-state index in [2.05, 4.69) is 0 Å². The standard InChI is InChI=1S/C26H32O11/c1-33-19-9-13(3-5-17(19)28)7-15-12-35-25(32)16(15)8-14-4-6-18(20(10-14)34-2)36-26-24(31)23(30)22(29)21(11-27)37-26/h3-6,9-10,15-16,21-24,26-31H,7-8,11-12H2,1-2H3. The highest BCUT2D eigenvalue weighted by Crippen LogP contribution is 2.36. The molecule has 5 N–H and O–H groups in total. The Bertz CT molecular complexity index is 1090. The highest BCUT2D eigenvalue weighted by atomic mass is 16.7. The number of phenolic OH excluding ortho intramolecular Hbond substituents is 1. The Morgan fingerprint density at radius 3 is 2.27 bits per heavy atom. The summed E-state index contributed by atoms with van der Waals surface area (Å²) in [6.45, 7) is -0.293. The van der Waals surface area contributed by atoms with Crippen molar-refractivity contribution >= 4 is 5.97 Å². The van der Waals surface area contributed by atoms with E-state index in [-0.39, 0.29) is 30.0 Å². The Labute approximate surface area is 213 Å². The number of hydrogen-bond donors (Lipinski definition) is 5. The van der Waals surface area contributed by atoms with Gasteiger partial charge in [0, 0.05) is 5.92 Å². The van der Waals surface area contributed by atoms with Crippen LogP contribution in [0.5, 0.6) is 23.0 Å². The van der Waals surface area contributed by atoms with Crippen LogP contribution in [-0.2, 0) is 27.1 Å². The molecule has 2 aliphatic heterocycles. The van der Waals surface area contributed by atoms with Crippen LogP contribution in [0.25, 0.3) is 0 Å². The second-order valence-corrected chi connectivity index (χ2v) is 9.21. The summed E-state index contributed by atoms with van der Waals surface area (Å²) in [6.07, 6.45) is -6.14. The first-order valence-electron chi connectivity index (χ1n) is 11.9. The third kappa shape index (κ3) is 5.76. The summed E-state index contributed by atoms with van der Waals surface area (Å²) >= 11 is 0. The van der Waals surface area contributed by atoms with Crippen LogP contribution in [0.15, 0.2) is 36.4 Å². The lowest BCUT2D eigenvalue weighted by molar-refractivity contribution is -0.277. The quantitative estimate of drug-likeness (QED) is 0.286. The Kier molecular flexibility index (Phi) is 8.40. The van der Waals surface area contributed by atoms with Crippen LogP contribution < -0.4 is 14.2 Å². The monoisotopic (exact) mass is 520 g/mol. The van der Waals surface area contributed by atoms with Gasteiger partial charge in [0.2, 0.25) is 6.29 Å². The van der Waals surface area contributed by atoms with Crippen LogP contribution in [-0.4, -0.2) is 89.6 Å². The molecule has 0 aromatic heterocycles. The van der Waals surface area contributed by atoms with Gasteiger partial charge in [0.05, 0.1) is 33.4 Å². The Morgan fingerprint density at radius 2 is 1.57 bits per heavy atom. The van der Waals surface area contributed by atoms with Crippen molar-refractivity contribution in [1.29, 1.82) is 0 Å². The van der Waals surface area contributed by atoms with Crippen molar-refractivity contribution in [3.63, 3.8) is 0 Å². The minimum atomic E-state index is -1.57. The molecule has 11 nitrogen and oxygen atoms in total. The van der Waals surface area contributed by atoms with E-state index in [9.17, 15) is 30.3 Å². The molecule has 2 saturated heterocycles. The number of methoxy groups -OCH3 is 2. The van der Waals surface area contributed by atoms with E-state index in [1.807, 2.05) is 0 Å².